The maximum absolute atomic E-state index is 12.2. The van der Waals surface area contributed by atoms with E-state index in [0.717, 1.165) is 4.88 Å². The van der Waals surface area contributed by atoms with Gasteiger partial charge in [-0.05, 0) is 29.6 Å². The van der Waals surface area contributed by atoms with Crippen LogP contribution >= 0.6 is 11.3 Å². The zero-order valence-electron chi connectivity index (χ0n) is 14.0. The molecule has 2 amide bonds. The topological polar surface area (TPSA) is 99.9 Å². The number of primary amides is 1. The van der Waals surface area contributed by atoms with E-state index in [4.69, 9.17) is 19.9 Å². The number of thiophene rings is 1. The summed E-state index contributed by atoms with van der Waals surface area (Å²) in [5, 5.41) is 4.41. The fourth-order valence-corrected chi connectivity index (χ4v) is 3.04. The number of carbonyl (C=O) groups excluding carboxylic acids is 2. The molecule has 1 heterocycles. The third kappa shape index (κ3) is 5.39. The van der Waals surface area contributed by atoms with Gasteiger partial charge in [0.15, 0.2) is 0 Å². The molecule has 1 unspecified atom stereocenters. The van der Waals surface area contributed by atoms with Crippen LogP contribution in [0.5, 0.6) is 11.5 Å². The van der Waals surface area contributed by atoms with Crippen molar-refractivity contribution >= 4 is 23.3 Å². The lowest BCUT2D eigenvalue weighted by Gasteiger charge is -2.16. The highest BCUT2D eigenvalue weighted by Crippen LogP contribution is 2.26. The van der Waals surface area contributed by atoms with Gasteiger partial charge in [0.1, 0.15) is 18.1 Å². The molecule has 0 aliphatic rings. The van der Waals surface area contributed by atoms with E-state index in [1.54, 1.807) is 25.3 Å². The average molecular weight is 364 g/mol. The fraction of sp³-hybridized carbons (Fsp3) is 0.294. The van der Waals surface area contributed by atoms with E-state index in [1.165, 1.54) is 18.4 Å². The van der Waals surface area contributed by atoms with Gasteiger partial charge in [0.25, 0.3) is 0 Å². The Morgan fingerprint density at radius 2 is 2.04 bits per heavy atom. The van der Waals surface area contributed by atoms with Gasteiger partial charge in [-0.25, -0.2) is 4.79 Å². The molecule has 0 aliphatic heterocycles. The SMILES string of the molecule is COc1ccc(OC)c(COC(=O)CC(NC(N)=O)c2cccs2)c1. The number of benzene rings is 1. The molecule has 134 valence electrons. The molecule has 0 aliphatic carbocycles. The van der Waals surface area contributed by atoms with Crippen LogP contribution in [0.25, 0.3) is 0 Å². The van der Waals surface area contributed by atoms with E-state index in [2.05, 4.69) is 5.32 Å². The number of ether oxygens (including phenoxy) is 3. The van der Waals surface area contributed by atoms with Crippen LogP contribution in [-0.4, -0.2) is 26.2 Å². The van der Waals surface area contributed by atoms with Gasteiger partial charge in [-0.15, -0.1) is 11.3 Å². The van der Waals surface area contributed by atoms with Crippen molar-refractivity contribution in [1.82, 2.24) is 5.32 Å². The van der Waals surface area contributed by atoms with E-state index in [-0.39, 0.29) is 13.0 Å². The highest BCUT2D eigenvalue weighted by Gasteiger charge is 2.20. The molecule has 0 spiro atoms. The first kappa shape index (κ1) is 18.6. The van der Waals surface area contributed by atoms with Gasteiger partial charge >= 0.3 is 12.0 Å². The predicted molar refractivity (Wildman–Crippen MR) is 93.7 cm³/mol. The molecule has 0 saturated heterocycles. The van der Waals surface area contributed by atoms with Crippen LogP contribution in [0.2, 0.25) is 0 Å². The predicted octanol–water partition coefficient (Wildman–Crippen LogP) is 2.61. The lowest BCUT2D eigenvalue weighted by molar-refractivity contribution is -0.145. The summed E-state index contributed by atoms with van der Waals surface area (Å²) in [7, 11) is 3.09. The average Bonchev–Trinajstić information content (AvgIpc) is 3.13. The van der Waals surface area contributed by atoms with Gasteiger partial charge in [0.2, 0.25) is 0 Å². The Balaban J connectivity index is 2.00. The van der Waals surface area contributed by atoms with Crippen molar-refractivity contribution in [3.63, 3.8) is 0 Å². The summed E-state index contributed by atoms with van der Waals surface area (Å²) in [6.07, 6.45) is -0.0181. The van der Waals surface area contributed by atoms with Crippen LogP contribution in [0.4, 0.5) is 4.79 Å². The molecule has 8 heteroatoms. The zero-order chi connectivity index (χ0) is 18.2. The second-order valence-corrected chi connectivity index (χ2v) is 6.10. The van der Waals surface area contributed by atoms with Crippen molar-refractivity contribution in [1.29, 1.82) is 0 Å². The van der Waals surface area contributed by atoms with Gasteiger partial charge in [0.05, 0.1) is 26.7 Å². The molecule has 2 rings (SSSR count). The number of amides is 2. The molecule has 1 aromatic heterocycles. The number of carbonyl (C=O) groups is 2. The number of rotatable bonds is 8. The molecule has 0 radical (unpaired) electrons. The van der Waals surface area contributed by atoms with E-state index in [9.17, 15) is 9.59 Å². The van der Waals surface area contributed by atoms with E-state index < -0.39 is 18.0 Å². The highest BCUT2D eigenvalue weighted by atomic mass is 32.1. The zero-order valence-corrected chi connectivity index (χ0v) is 14.8. The molecule has 25 heavy (non-hydrogen) atoms. The molecule has 2 aromatic rings. The number of esters is 1. The molecular formula is C17H20N2O5S. The second-order valence-electron chi connectivity index (χ2n) is 5.12. The molecule has 3 N–H and O–H groups in total. The summed E-state index contributed by atoms with van der Waals surface area (Å²) in [4.78, 5) is 24.2. The Morgan fingerprint density at radius 3 is 2.64 bits per heavy atom. The van der Waals surface area contributed by atoms with E-state index in [1.807, 2.05) is 17.5 Å². The van der Waals surface area contributed by atoms with Crippen molar-refractivity contribution in [3.8, 4) is 11.5 Å². The molecule has 0 bridgehead atoms. The van der Waals surface area contributed by atoms with Crippen molar-refractivity contribution in [2.45, 2.75) is 19.1 Å². The third-order valence-corrected chi connectivity index (χ3v) is 4.44. The third-order valence-electron chi connectivity index (χ3n) is 3.45. The maximum Gasteiger partial charge on any atom is 0.312 e. The maximum atomic E-state index is 12.2. The Labute approximate surface area is 149 Å². The van der Waals surface area contributed by atoms with Crippen molar-refractivity contribution in [2.75, 3.05) is 14.2 Å². The summed E-state index contributed by atoms with van der Waals surface area (Å²) in [6, 6.07) is 7.69. The monoisotopic (exact) mass is 364 g/mol. The number of hydrogen-bond acceptors (Lipinski definition) is 6. The number of methoxy groups -OCH3 is 2. The van der Waals surface area contributed by atoms with Crippen LogP contribution in [0.15, 0.2) is 35.7 Å². The van der Waals surface area contributed by atoms with Gasteiger partial charge in [-0.2, -0.15) is 0 Å². The van der Waals surface area contributed by atoms with Gasteiger partial charge < -0.3 is 25.3 Å². The molecule has 7 nitrogen and oxygen atoms in total. The largest absolute Gasteiger partial charge is 0.497 e. The lowest BCUT2D eigenvalue weighted by atomic mass is 10.1. The van der Waals surface area contributed by atoms with Crippen LogP contribution in [0.3, 0.4) is 0 Å². The Hall–Kier alpha value is -2.74. The Bertz CT molecular complexity index is 718. The van der Waals surface area contributed by atoms with Gasteiger partial charge in [0, 0.05) is 10.4 Å². The highest BCUT2D eigenvalue weighted by molar-refractivity contribution is 7.10. The summed E-state index contributed by atoms with van der Waals surface area (Å²) < 4.78 is 15.7. The second kappa shape index (κ2) is 8.93. The molecule has 1 atom stereocenters. The first-order chi connectivity index (χ1) is 12.0. The molecule has 0 fully saturated rings. The summed E-state index contributed by atoms with van der Waals surface area (Å²) in [5.41, 5.74) is 5.87. The number of nitrogens with one attached hydrogen (secondary N) is 1. The Morgan fingerprint density at radius 1 is 1.24 bits per heavy atom. The number of urea groups is 1. The summed E-state index contributed by atoms with van der Waals surface area (Å²) in [5.74, 6) is 0.773. The number of nitrogens with two attached hydrogens (primary N) is 1. The minimum absolute atomic E-state index is 0.0181. The van der Waals surface area contributed by atoms with Gasteiger partial charge in [-0.3, -0.25) is 4.79 Å². The standard InChI is InChI=1S/C17H20N2O5S/c1-22-12-5-6-14(23-2)11(8-12)10-24-16(20)9-13(19-17(18)21)15-4-3-7-25-15/h3-8,13H,9-10H2,1-2H3,(H3,18,19,21). The Kier molecular flexibility index (Phi) is 6.64. The van der Waals surface area contributed by atoms with Crippen molar-refractivity contribution in [3.05, 3.63) is 46.2 Å². The minimum atomic E-state index is -0.694. The van der Waals surface area contributed by atoms with Gasteiger partial charge in [-0.1, -0.05) is 6.07 Å². The smallest absolute Gasteiger partial charge is 0.312 e. The van der Waals surface area contributed by atoms with Crippen molar-refractivity contribution in [2.24, 2.45) is 5.73 Å². The first-order valence-electron chi connectivity index (χ1n) is 7.49. The minimum Gasteiger partial charge on any atom is -0.497 e. The van der Waals surface area contributed by atoms with Crippen LogP contribution in [-0.2, 0) is 16.1 Å². The molecular weight excluding hydrogens is 344 g/mol. The van der Waals surface area contributed by atoms with Crippen LogP contribution in [0, 0.1) is 0 Å². The number of hydrogen-bond donors (Lipinski definition) is 2. The molecule has 1 aromatic carbocycles. The first-order valence-corrected chi connectivity index (χ1v) is 8.37. The van der Waals surface area contributed by atoms with E-state index in [0.29, 0.717) is 17.1 Å². The fourth-order valence-electron chi connectivity index (χ4n) is 2.26. The van der Waals surface area contributed by atoms with Crippen LogP contribution in [0.1, 0.15) is 22.9 Å². The van der Waals surface area contributed by atoms with Crippen molar-refractivity contribution < 1.29 is 23.8 Å². The quantitative estimate of drug-likeness (QED) is 0.701. The lowest BCUT2D eigenvalue weighted by Crippen LogP contribution is -2.34. The van der Waals surface area contributed by atoms with E-state index >= 15 is 0 Å². The normalized spacial score (nSPS) is 11.4. The summed E-state index contributed by atoms with van der Waals surface area (Å²) in [6.45, 7) is 0.0347. The van der Waals surface area contributed by atoms with Crippen LogP contribution < -0.4 is 20.5 Å². The summed E-state index contributed by atoms with van der Waals surface area (Å²) >= 11 is 1.43. The molecule has 0 saturated carbocycles.